The summed E-state index contributed by atoms with van der Waals surface area (Å²) in [5, 5.41) is 4.11. The zero-order chi connectivity index (χ0) is 24.6. The van der Waals surface area contributed by atoms with Gasteiger partial charge < -0.3 is 4.74 Å². The average molecular weight is 501 g/mol. The minimum absolute atomic E-state index is 0.213. The number of hydrazone groups is 1. The van der Waals surface area contributed by atoms with Crippen molar-refractivity contribution in [1.82, 2.24) is 15.2 Å². The normalized spacial score (nSPS) is 17.1. The van der Waals surface area contributed by atoms with E-state index in [-0.39, 0.29) is 5.91 Å². The lowest BCUT2D eigenvalue weighted by molar-refractivity contribution is 0.0955. The van der Waals surface area contributed by atoms with Gasteiger partial charge in [-0.1, -0.05) is 42.5 Å². The first-order chi connectivity index (χ1) is 17.7. The zero-order valence-corrected chi connectivity index (χ0v) is 21.2. The predicted octanol–water partition coefficient (Wildman–Crippen LogP) is 4.26. The van der Waals surface area contributed by atoms with E-state index in [9.17, 15) is 4.79 Å². The van der Waals surface area contributed by atoms with Crippen LogP contribution in [0.15, 0.2) is 84.0 Å². The molecular formula is C29H32N4O2S. The lowest BCUT2D eigenvalue weighted by atomic mass is 10.1. The Morgan fingerprint density at radius 3 is 2.06 bits per heavy atom. The van der Waals surface area contributed by atoms with Crippen molar-refractivity contribution in [3.8, 4) is 5.75 Å². The molecule has 7 heteroatoms. The molecule has 5 rings (SSSR count). The second-order valence-corrected chi connectivity index (χ2v) is 10.4. The van der Waals surface area contributed by atoms with Gasteiger partial charge in [0.15, 0.2) is 0 Å². The molecule has 6 nitrogen and oxygen atoms in total. The number of nitrogens with one attached hydrogen (secondary N) is 1. The fourth-order valence-electron chi connectivity index (χ4n) is 4.30. The van der Waals surface area contributed by atoms with Gasteiger partial charge in [-0.25, -0.2) is 5.43 Å². The maximum atomic E-state index is 12.5. The van der Waals surface area contributed by atoms with Crippen LogP contribution >= 0.6 is 11.8 Å². The number of thioether (sulfide) groups is 1. The van der Waals surface area contributed by atoms with E-state index in [1.165, 1.54) is 11.1 Å². The Morgan fingerprint density at radius 1 is 0.861 bits per heavy atom. The number of ether oxygens (including phenoxy) is 1. The van der Waals surface area contributed by atoms with Crippen LogP contribution in [0.1, 0.15) is 27.0 Å². The summed E-state index contributed by atoms with van der Waals surface area (Å²) in [5.41, 5.74) is 6.72. The summed E-state index contributed by atoms with van der Waals surface area (Å²) in [4.78, 5) is 17.5. The van der Waals surface area contributed by atoms with Crippen molar-refractivity contribution in [2.24, 2.45) is 5.10 Å². The van der Waals surface area contributed by atoms with Gasteiger partial charge in [-0.2, -0.15) is 16.9 Å². The summed E-state index contributed by atoms with van der Waals surface area (Å²) >= 11 is 1.90. The second kappa shape index (κ2) is 12.2. The van der Waals surface area contributed by atoms with Crippen LogP contribution in [0.25, 0.3) is 0 Å². The number of carbonyl (C=O) groups is 1. The van der Waals surface area contributed by atoms with E-state index in [2.05, 4.69) is 50.7 Å². The number of amides is 1. The Bertz CT molecular complexity index is 1140. The summed E-state index contributed by atoms with van der Waals surface area (Å²) in [6, 6.07) is 26.2. The molecular weight excluding hydrogens is 468 g/mol. The number of hydrogen-bond acceptors (Lipinski definition) is 6. The van der Waals surface area contributed by atoms with Crippen LogP contribution in [0, 0.1) is 0 Å². The van der Waals surface area contributed by atoms with Gasteiger partial charge in [-0.15, -0.1) is 0 Å². The second-order valence-electron chi connectivity index (χ2n) is 9.28. The maximum Gasteiger partial charge on any atom is 0.271 e. The van der Waals surface area contributed by atoms with E-state index in [4.69, 9.17) is 4.74 Å². The highest BCUT2D eigenvalue weighted by molar-refractivity contribution is 8.00. The minimum atomic E-state index is -0.213. The smallest absolute Gasteiger partial charge is 0.271 e. The Morgan fingerprint density at radius 2 is 1.47 bits per heavy atom. The van der Waals surface area contributed by atoms with E-state index in [0.29, 0.717) is 11.7 Å². The molecule has 1 amide bonds. The first-order valence-corrected chi connectivity index (χ1v) is 13.6. The summed E-state index contributed by atoms with van der Waals surface area (Å²) in [5.74, 6) is 2.77. The third-order valence-electron chi connectivity index (χ3n) is 6.51. The first kappa shape index (κ1) is 24.6. The van der Waals surface area contributed by atoms with Crippen molar-refractivity contribution in [3.05, 3.63) is 101 Å². The van der Waals surface area contributed by atoms with Crippen molar-refractivity contribution < 1.29 is 9.53 Å². The molecule has 0 spiro atoms. The Kier molecular flexibility index (Phi) is 8.33. The summed E-state index contributed by atoms with van der Waals surface area (Å²) in [7, 11) is 0. The van der Waals surface area contributed by atoms with Gasteiger partial charge in [-0.05, 0) is 53.1 Å². The third-order valence-corrected chi connectivity index (χ3v) is 7.72. The number of carbonyl (C=O) groups excluding carboxylic acids is 1. The molecule has 0 bridgehead atoms. The molecule has 3 aromatic carbocycles. The van der Waals surface area contributed by atoms with Gasteiger partial charge >= 0.3 is 0 Å². The lowest BCUT2D eigenvalue weighted by Gasteiger charge is -2.34. The number of hydrogen-bond donors (Lipinski definition) is 1. The fraction of sp³-hybridized carbons (Fsp3) is 0.310. The molecule has 0 saturated carbocycles. The molecule has 0 atom stereocenters. The SMILES string of the molecule is O=C(N/N=C\c1ccc(OC2CSC2)cc1)c1ccc(CN2CCN(Cc3ccccc3)CC2)cc1. The molecule has 2 aliphatic heterocycles. The quantitative estimate of drug-likeness (QED) is 0.351. The number of piperazine rings is 1. The standard InChI is InChI=1S/C29H32N4O2S/c34-29(31-30-18-23-8-12-27(13-9-23)35-28-21-36-22-28)26-10-6-25(7-11-26)20-33-16-14-32(15-17-33)19-24-4-2-1-3-5-24/h1-13,18,28H,14-17,19-22H2,(H,31,34)/b30-18-. The van der Waals surface area contributed by atoms with Gasteiger partial charge in [0.2, 0.25) is 0 Å². The predicted molar refractivity (Wildman–Crippen MR) is 147 cm³/mol. The van der Waals surface area contributed by atoms with Crippen LogP contribution in [0.4, 0.5) is 0 Å². The van der Waals surface area contributed by atoms with Crippen LogP contribution < -0.4 is 10.2 Å². The topological polar surface area (TPSA) is 57.2 Å². The third kappa shape index (κ3) is 6.97. The highest BCUT2D eigenvalue weighted by Crippen LogP contribution is 2.23. The van der Waals surface area contributed by atoms with Crippen molar-refractivity contribution >= 4 is 23.9 Å². The van der Waals surface area contributed by atoms with Gasteiger partial charge in [0, 0.05) is 56.3 Å². The molecule has 0 aliphatic carbocycles. The highest BCUT2D eigenvalue weighted by atomic mass is 32.2. The number of rotatable bonds is 9. The fourth-order valence-corrected chi connectivity index (χ4v) is 4.87. The molecule has 36 heavy (non-hydrogen) atoms. The summed E-state index contributed by atoms with van der Waals surface area (Å²) in [6.07, 6.45) is 1.97. The molecule has 2 fully saturated rings. The van der Waals surface area contributed by atoms with Gasteiger partial charge in [0.05, 0.1) is 6.21 Å². The van der Waals surface area contributed by atoms with E-state index in [1.807, 2.05) is 60.3 Å². The van der Waals surface area contributed by atoms with Crippen LogP contribution in [0.2, 0.25) is 0 Å². The zero-order valence-electron chi connectivity index (χ0n) is 20.4. The van der Waals surface area contributed by atoms with E-state index < -0.39 is 0 Å². The van der Waals surface area contributed by atoms with Crippen molar-refractivity contribution in [1.29, 1.82) is 0 Å². The van der Waals surface area contributed by atoms with Crippen molar-refractivity contribution in [2.45, 2.75) is 19.2 Å². The molecule has 186 valence electrons. The van der Waals surface area contributed by atoms with Crippen LogP contribution in [0.3, 0.4) is 0 Å². The number of benzene rings is 3. The molecule has 2 saturated heterocycles. The van der Waals surface area contributed by atoms with Gasteiger partial charge in [-0.3, -0.25) is 14.6 Å². The Balaban J connectivity index is 1.04. The van der Waals surface area contributed by atoms with E-state index in [0.717, 1.165) is 62.1 Å². The monoisotopic (exact) mass is 500 g/mol. The van der Waals surface area contributed by atoms with E-state index >= 15 is 0 Å². The highest BCUT2D eigenvalue weighted by Gasteiger charge is 2.19. The lowest BCUT2D eigenvalue weighted by Crippen LogP contribution is -2.45. The summed E-state index contributed by atoms with van der Waals surface area (Å²) in [6.45, 7) is 6.16. The Labute approximate surface area is 217 Å². The minimum Gasteiger partial charge on any atom is -0.489 e. The van der Waals surface area contributed by atoms with Gasteiger partial charge in [0.25, 0.3) is 5.91 Å². The largest absolute Gasteiger partial charge is 0.489 e. The molecule has 1 N–H and O–H groups in total. The first-order valence-electron chi connectivity index (χ1n) is 12.5. The molecule has 2 aliphatic rings. The van der Waals surface area contributed by atoms with Crippen molar-refractivity contribution in [3.63, 3.8) is 0 Å². The summed E-state index contributed by atoms with van der Waals surface area (Å²) < 4.78 is 5.85. The number of nitrogens with zero attached hydrogens (tertiary/aromatic N) is 3. The maximum absolute atomic E-state index is 12.5. The average Bonchev–Trinajstić information content (AvgIpc) is 2.89. The van der Waals surface area contributed by atoms with Crippen LogP contribution in [-0.4, -0.2) is 65.7 Å². The molecule has 0 radical (unpaired) electrons. The van der Waals surface area contributed by atoms with Crippen LogP contribution in [-0.2, 0) is 13.1 Å². The van der Waals surface area contributed by atoms with E-state index in [1.54, 1.807) is 6.21 Å². The van der Waals surface area contributed by atoms with Crippen molar-refractivity contribution in [2.75, 3.05) is 37.7 Å². The Hall–Kier alpha value is -3.13. The molecule has 0 aromatic heterocycles. The molecule has 0 unspecified atom stereocenters. The molecule has 2 heterocycles. The van der Waals surface area contributed by atoms with Gasteiger partial charge in [0.1, 0.15) is 11.9 Å². The van der Waals surface area contributed by atoms with Crippen LogP contribution in [0.5, 0.6) is 5.75 Å². The molecule has 3 aromatic rings.